The van der Waals surface area contributed by atoms with Gasteiger partial charge in [0.2, 0.25) is 5.91 Å². The number of carbonyl (C=O) groups excluding carboxylic acids is 1. The summed E-state index contributed by atoms with van der Waals surface area (Å²) < 4.78 is 0. The number of amides is 1. The number of hydroxylamine groups is 1. The van der Waals surface area contributed by atoms with Gasteiger partial charge < -0.3 is 11.5 Å². The summed E-state index contributed by atoms with van der Waals surface area (Å²) in [4.78, 5) is 15.1. The second-order valence-electron chi connectivity index (χ2n) is 3.34. The van der Waals surface area contributed by atoms with Crippen LogP contribution in [0.15, 0.2) is 0 Å². The monoisotopic (exact) mass is 189 g/mol. The van der Waals surface area contributed by atoms with Crippen molar-refractivity contribution in [1.82, 2.24) is 5.48 Å². The van der Waals surface area contributed by atoms with Crippen LogP contribution < -0.4 is 16.9 Å². The highest BCUT2D eigenvalue weighted by Crippen LogP contribution is 2.06. The Morgan fingerprint density at radius 1 is 1.54 bits per heavy atom. The Morgan fingerprint density at radius 2 is 2.15 bits per heavy atom. The van der Waals surface area contributed by atoms with Crippen LogP contribution >= 0.6 is 0 Å². The molecule has 5 N–H and O–H groups in total. The van der Waals surface area contributed by atoms with Gasteiger partial charge in [-0.05, 0) is 18.4 Å². The van der Waals surface area contributed by atoms with Crippen molar-refractivity contribution in [2.45, 2.75) is 13.8 Å². The van der Waals surface area contributed by atoms with Crippen molar-refractivity contribution in [3.8, 4) is 0 Å². The standard InChI is InChI=1S/C8H19N3O2/c1-6(2)7(3-9)4-11-13-5-8(10)12/h6-7,11H,3-5,9H2,1-2H3,(H2,10,12). The number of hydrogen-bond acceptors (Lipinski definition) is 4. The van der Waals surface area contributed by atoms with Gasteiger partial charge in [-0.15, -0.1) is 0 Å². The molecule has 1 unspecified atom stereocenters. The number of nitrogens with two attached hydrogens (primary N) is 2. The van der Waals surface area contributed by atoms with Crippen molar-refractivity contribution >= 4 is 5.91 Å². The smallest absolute Gasteiger partial charge is 0.245 e. The average Bonchev–Trinajstić information content (AvgIpc) is 2.03. The predicted octanol–water partition coefficient (Wildman–Crippen LogP) is -0.776. The van der Waals surface area contributed by atoms with E-state index < -0.39 is 5.91 Å². The van der Waals surface area contributed by atoms with Gasteiger partial charge in [-0.2, -0.15) is 0 Å². The molecule has 0 spiro atoms. The molecular weight excluding hydrogens is 170 g/mol. The average molecular weight is 189 g/mol. The van der Waals surface area contributed by atoms with Gasteiger partial charge in [0.25, 0.3) is 0 Å². The molecule has 0 fully saturated rings. The van der Waals surface area contributed by atoms with Crippen LogP contribution in [0.4, 0.5) is 0 Å². The fourth-order valence-corrected chi connectivity index (χ4v) is 0.879. The Balaban J connectivity index is 3.44. The van der Waals surface area contributed by atoms with Crippen LogP contribution in [0.25, 0.3) is 0 Å². The minimum atomic E-state index is -0.485. The molecule has 0 aromatic carbocycles. The second-order valence-corrected chi connectivity index (χ2v) is 3.34. The summed E-state index contributed by atoms with van der Waals surface area (Å²) in [5.74, 6) is 0.365. The zero-order valence-corrected chi connectivity index (χ0v) is 8.25. The number of primary amides is 1. The molecule has 0 heterocycles. The number of nitrogens with one attached hydrogen (secondary N) is 1. The SMILES string of the molecule is CC(C)C(CN)CNOCC(N)=O. The fraction of sp³-hybridized carbons (Fsp3) is 0.875. The van der Waals surface area contributed by atoms with Gasteiger partial charge >= 0.3 is 0 Å². The van der Waals surface area contributed by atoms with Gasteiger partial charge in [0, 0.05) is 6.54 Å². The molecule has 13 heavy (non-hydrogen) atoms. The van der Waals surface area contributed by atoms with Gasteiger partial charge in [-0.25, -0.2) is 5.48 Å². The first-order valence-electron chi connectivity index (χ1n) is 4.41. The maximum atomic E-state index is 10.3. The molecule has 0 aromatic heterocycles. The van der Waals surface area contributed by atoms with Gasteiger partial charge in [-0.1, -0.05) is 13.8 Å². The molecular formula is C8H19N3O2. The summed E-state index contributed by atoms with van der Waals surface area (Å²) in [6.45, 7) is 5.32. The number of carbonyl (C=O) groups is 1. The number of hydrogen-bond donors (Lipinski definition) is 3. The lowest BCUT2D eigenvalue weighted by atomic mass is 9.96. The van der Waals surface area contributed by atoms with Crippen LogP contribution in [0.3, 0.4) is 0 Å². The first-order valence-corrected chi connectivity index (χ1v) is 4.41. The first-order chi connectivity index (χ1) is 6.07. The van der Waals surface area contributed by atoms with E-state index in [-0.39, 0.29) is 6.61 Å². The van der Waals surface area contributed by atoms with Crippen LogP contribution in [0.5, 0.6) is 0 Å². The largest absolute Gasteiger partial charge is 0.368 e. The molecule has 0 rings (SSSR count). The summed E-state index contributed by atoms with van der Waals surface area (Å²) in [5, 5.41) is 0. The normalized spacial score (nSPS) is 13.2. The van der Waals surface area contributed by atoms with Crippen LogP contribution in [0.1, 0.15) is 13.8 Å². The van der Waals surface area contributed by atoms with Crippen LogP contribution in [0.2, 0.25) is 0 Å². The van der Waals surface area contributed by atoms with Crippen molar-refractivity contribution in [2.75, 3.05) is 19.7 Å². The molecule has 0 bridgehead atoms. The fourth-order valence-electron chi connectivity index (χ4n) is 0.879. The highest BCUT2D eigenvalue weighted by atomic mass is 16.6. The van der Waals surface area contributed by atoms with Gasteiger partial charge in [0.05, 0.1) is 0 Å². The molecule has 0 radical (unpaired) electrons. The van der Waals surface area contributed by atoms with E-state index in [2.05, 4.69) is 19.3 Å². The Hall–Kier alpha value is -0.650. The maximum Gasteiger partial charge on any atom is 0.245 e. The summed E-state index contributed by atoms with van der Waals surface area (Å²) >= 11 is 0. The van der Waals surface area contributed by atoms with Crippen LogP contribution in [-0.4, -0.2) is 25.6 Å². The van der Waals surface area contributed by atoms with Crippen molar-refractivity contribution in [2.24, 2.45) is 23.3 Å². The molecule has 0 saturated carbocycles. The molecule has 5 nitrogen and oxygen atoms in total. The van der Waals surface area contributed by atoms with Crippen molar-refractivity contribution in [3.63, 3.8) is 0 Å². The lowest BCUT2D eigenvalue weighted by molar-refractivity contribution is -0.125. The first kappa shape index (κ1) is 12.3. The third-order valence-electron chi connectivity index (χ3n) is 1.91. The van der Waals surface area contributed by atoms with E-state index in [1.165, 1.54) is 0 Å². The third-order valence-corrected chi connectivity index (χ3v) is 1.91. The Bertz CT molecular complexity index is 150. The Kier molecular flexibility index (Phi) is 6.48. The van der Waals surface area contributed by atoms with Gasteiger partial charge in [-0.3, -0.25) is 9.63 Å². The highest BCUT2D eigenvalue weighted by molar-refractivity contribution is 5.74. The van der Waals surface area contributed by atoms with E-state index in [0.717, 1.165) is 0 Å². The van der Waals surface area contributed by atoms with E-state index in [0.29, 0.717) is 24.9 Å². The molecule has 78 valence electrons. The third kappa shape index (κ3) is 6.51. The van der Waals surface area contributed by atoms with Crippen molar-refractivity contribution < 1.29 is 9.63 Å². The molecule has 0 aliphatic carbocycles. The molecule has 1 atom stereocenters. The topological polar surface area (TPSA) is 90.4 Å². The van der Waals surface area contributed by atoms with Crippen molar-refractivity contribution in [3.05, 3.63) is 0 Å². The highest BCUT2D eigenvalue weighted by Gasteiger charge is 2.10. The van der Waals surface area contributed by atoms with E-state index in [1.807, 2.05) is 0 Å². The molecule has 0 aromatic rings. The quantitative estimate of drug-likeness (QED) is 0.362. The second kappa shape index (κ2) is 6.82. The Labute approximate surface area is 78.8 Å². The molecule has 0 aliphatic rings. The summed E-state index contributed by atoms with van der Waals surface area (Å²) in [5.41, 5.74) is 13.1. The Morgan fingerprint density at radius 3 is 2.54 bits per heavy atom. The van der Waals surface area contributed by atoms with Crippen molar-refractivity contribution in [1.29, 1.82) is 0 Å². The van der Waals surface area contributed by atoms with E-state index in [1.54, 1.807) is 0 Å². The van der Waals surface area contributed by atoms with Crippen LogP contribution in [-0.2, 0) is 9.63 Å². The maximum absolute atomic E-state index is 10.3. The minimum Gasteiger partial charge on any atom is -0.368 e. The summed E-state index contributed by atoms with van der Waals surface area (Å²) in [6.07, 6.45) is 0. The molecule has 5 heteroatoms. The number of rotatable bonds is 7. The summed E-state index contributed by atoms with van der Waals surface area (Å²) in [6, 6.07) is 0. The molecule has 1 amide bonds. The molecule has 0 aliphatic heterocycles. The zero-order valence-electron chi connectivity index (χ0n) is 8.25. The zero-order chi connectivity index (χ0) is 10.3. The lowest BCUT2D eigenvalue weighted by Crippen LogP contribution is -2.33. The van der Waals surface area contributed by atoms with Crippen LogP contribution in [0, 0.1) is 11.8 Å². The summed E-state index contributed by atoms with van der Waals surface area (Å²) in [7, 11) is 0. The van der Waals surface area contributed by atoms with Gasteiger partial charge in [0.1, 0.15) is 6.61 Å². The predicted molar refractivity (Wildman–Crippen MR) is 50.5 cm³/mol. The van der Waals surface area contributed by atoms with E-state index in [9.17, 15) is 4.79 Å². The van der Waals surface area contributed by atoms with E-state index in [4.69, 9.17) is 16.3 Å². The minimum absolute atomic E-state index is 0.102. The van der Waals surface area contributed by atoms with E-state index >= 15 is 0 Å². The van der Waals surface area contributed by atoms with Gasteiger partial charge in [0.15, 0.2) is 0 Å². The lowest BCUT2D eigenvalue weighted by Gasteiger charge is -2.18. The molecule has 0 saturated heterocycles.